The highest BCUT2D eigenvalue weighted by atomic mass is 16.6. The van der Waals surface area contributed by atoms with Crippen LogP contribution in [0.2, 0.25) is 0 Å². The van der Waals surface area contributed by atoms with Gasteiger partial charge in [0.2, 0.25) is 0 Å². The predicted octanol–water partition coefficient (Wildman–Crippen LogP) is 10.1. The van der Waals surface area contributed by atoms with Crippen LogP contribution in [0.3, 0.4) is 0 Å². The molecule has 220 valence electrons. The van der Waals surface area contributed by atoms with Gasteiger partial charge in [-0.25, -0.2) is 0 Å². The summed E-state index contributed by atoms with van der Waals surface area (Å²) < 4.78 is 16.1. The molecule has 37 heavy (non-hydrogen) atoms. The van der Waals surface area contributed by atoms with Gasteiger partial charge in [-0.3, -0.25) is 4.79 Å². The van der Waals surface area contributed by atoms with E-state index < -0.39 is 0 Å². The van der Waals surface area contributed by atoms with Gasteiger partial charge < -0.3 is 14.2 Å². The Morgan fingerprint density at radius 3 is 1.30 bits per heavy atom. The standard InChI is InChI=1S/C33H64O4/c1-2-3-4-5-6-7-8-9-10-11-12-13-14-15-16-17-18-19-20-21-22-23-24-25-26-27-33(34)37-31-32-30-35-28-29-36-32/h32H,2-31H2,1H3. The molecule has 0 saturated carbocycles. The molecular weight excluding hydrogens is 460 g/mol. The summed E-state index contributed by atoms with van der Waals surface area (Å²) in [4.78, 5) is 11.8. The zero-order valence-corrected chi connectivity index (χ0v) is 24.9. The van der Waals surface area contributed by atoms with Gasteiger partial charge >= 0.3 is 5.97 Å². The molecule has 1 heterocycles. The molecule has 0 spiro atoms. The third kappa shape index (κ3) is 25.4. The second-order valence-corrected chi connectivity index (χ2v) is 11.5. The molecule has 1 aliphatic heterocycles. The molecule has 1 aliphatic rings. The smallest absolute Gasteiger partial charge is 0.305 e. The maximum Gasteiger partial charge on any atom is 0.305 e. The number of rotatable bonds is 28. The lowest BCUT2D eigenvalue weighted by Crippen LogP contribution is -2.33. The minimum absolute atomic E-state index is 0.0817. The topological polar surface area (TPSA) is 44.8 Å². The maximum atomic E-state index is 11.8. The van der Waals surface area contributed by atoms with Crippen LogP contribution in [-0.2, 0) is 19.0 Å². The van der Waals surface area contributed by atoms with Crippen molar-refractivity contribution < 1.29 is 19.0 Å². The lowest BCUT2D eigenvalue weighted by molar-refractivity contribution is -0.155. The third-order valence-corrected chi connectivity index (χ3v) is 7.80. The Morgan fingerprint density at radius 2 is 0.946 bits per heavy atom. The number of esters is 1. The molecule has 1 rings (SSSR count). The van der Waals surface area contributed by atoms with Crippen LogP contribution in [0.25, 0.3) is 0 Å². The van der Waals surface area contributed by atoms with Crippen molar-refractivity contribution in [2.75, 3.05) is 26.4 Å². The van der Waals surface area contributed by atoms with Gasteiger partial charge in [-0.15, -0.1) is 0 Å². The Balaban J connectivity index is 1.65. The summed E-state index contributed by atoms with van der Waals surface area (Å²) in [7, 11) is 0. The molecule has 0 amide bonds. The first kappa shape index (κ1) is 34.4. The van der Waals surface area contributed by atoms with Crippen molar-refractivity contribution in [2.24, 2.45) is 0 Å². The van der Waals surface area contributed by atoms with Gasteiger partial charge in [-0.2, -0.15) is 0 Å². The zero-order chi connectivity index (χ0) is 26.5. The normalized spacial score (nSPS) is 15.8. The van der Waals surface area contributed by atoms with E-state index in [1.807, 2.05) is 0 Å². The van der Waals surface area contributed by atoms with E-state index in [1.54, 1.807) is 0 Å². The van der Waals surface area contributed by atoms with Gasteiger partial charge in [0.15, 0.2) is 0 Å². The van der Waals surface area contributed by atoms with Crippen molar-refractivity contribution in [1.82, 2.24) is 0 Å². The Labute approximate surface area is 231 Å². The minimum atomic E-state index is -0.0942. The Bertz CT molecular complexity index is 461. The molecule has 0 aromatic rings. The summed E-state index contributed by atoms with van der Waals surface area (Å²) in [5, 5.41) is 0. The van der Waals surface area contributed by atoms with Gasteiger partial charge in [0.05, 0.1) is 19.8 Å². The van der Waals surface area contributed by atoms with Crippen LogP contribution in [-0.4, -0.2) is 38.5 Å². The molecule has 1 saturated heterocycles. The van der Waals surface area contributed by atoms with Crippen LogP contribution in [0, 0.1) is 0 Å². The number of unbranched alkanes of at least 4 members (excludes halogenated alkanes) is 24. The summed E-state index contributed by atoms with van der Waals surface area (Å²) in [6.45, 7) is 4.40. The molecule has 0 bridgehead atoms. The fourth-order valence-electron chi connectivity index (χ4n) is 5.30. The summed E-state index contributed by atoms with van der Waals surface area (Å²) in [6.07, 6.45) is 35.3. The average molecular weight is 525 g/mol. The first-order valence-electron chi connectivity index (χ1n) is 16.7. The van der Waals surface area contributed by atoms with E-state index >= 15 is 0 Å². The van der Waals surface area contributed by atoms with Crippen LogP contribution in [0.5, 0.6) is 0 Å². The molecule has 1 unspecified atom stereocenters. The van der Waals surface area contributed by atoms with Crippen LogP contribution < -0.4 is 0 Å². The van der Waals surface area contributed by atoms with Crippen molar-refractivity contribution in [1.29, 1.82) is 0 Å². The van der Waals surface area contributed by atoms with Crippen LogP contribution in [0.15, 0.2) is 0 Å². The predicted molar refractivity (Wildman–Crippen MR) is 157 cm³/mol. The third-order valence-electron chi connectivity index (χ3n) is 7.80. The monoisotopic (exact) mass is 524 g/mol. The van der Waals surface area contributed by atoms with E-state index in [0.717, 1.165) is 12.8 Å². The van der Waals surface area contributed by atoms with Crippen LogP contribution >= 0.6 is 0 Å². The molecule has 1 atom stereocenters. The number of hydrogen-bond acceptors (Lipinski definition) is 4. The molecule has 4 nitrogen and oxygen atoms in total. The summed E-state index contributed by atoms with van der Waals surface area (Å²) in [5.41, 5.74) is 0. The molecule has 1 fully saturated rings. The van der Waals surface area contributed by atoms with E-state index in [9.17, 15) is 4.79 Å². The number of ether oxygens (including phenoxy) is 3. The first-order chi connectivity index (χ1) is 18.3. The molecule has 0 N–H and O–H groups in total. The van der Waals surface area contributed by atoms with E-state index in [2.05, 4.69) is 6.92 Å². The SMILES string of the molecule is CCCCCCCCCCCCCCCCCCCCCCCCCCCC(=O)OCC1COCCO1. The van der Waals surface area contributed by atoms with E-state index in [4.69, 9.17) is 14.2 Å². The van der Waals surface area contributed by atoms with Gasteiger partial charge in [-0.05, 0) is 6.42 Å². The molecule has 0 aromatic carbocycles. The Hall–Kier alpha value is -0.610. The molecule has 0 radical (unpaired) electrons. The van der Waals surface area contributed by atoms with Crippen LogP contribution in [0.4, 0.5) is 0 Å². The minimum Gasteiger partial charge on any atom is -0.463 e. The van der Waals surface area contributed by atoms with Crippen LogP contribution in [0.1, 0.15) is 174 Å². The largest absolute Gasteiger partial charge is 0.463 e. The highest BCUT2D eigenvalue weighted by molar-refractivity contribution is 5.69. The Morgan fingerprint density at radius 1 is 0.568 bits per heavy atom. The summed E-state index contributed by atoms with van der Waals surface area (Å²) >= 11 is 0. The summed E-state index contributed by atoms with van der Waals surface area (Å²) in [5.74, 6) is -0.0942. The first-order valence-corrected chi connectivity index (χ1v) is 16.7. The fraction of sp³-hybridized carbons (Fsp3) is 0.970. The van der Waals surface area contributed by atoms with Gasteiger partial charge in [0.25, 0.3) is 0 Å². The van der Waals surface area contributed by atoms with Crippen molar-refractivity contribution in [3.05, 3.63) is 0 Å². The van der Waals surface area contributed by atoms with Crippen molar-refractivity contribution in [3.63, 3.8) is 0 Å². The van der Waals surface area contributed by atoms with E-state index in [-0.39, 0.29) is 12.1 Å². The number of carbonyl (C=O) groups excluding carboxylic acids is 1. The highest BCUT2D eigenvalue weighted by Gasteiger charge is 2.16. The highest BCUT2D eigenvalue weighted by Crippen LogP contribution is 2.16. The zero-order valence-electron chi connectivity index (χ0n) is 24.9. The summed E-state index contributed by atoms with van der Waals surface area (Å²) in [6, 6.07) is 0. The molecule has 0 aromatic heterocycles. The maximum absolute atomic E-state index is 11.8. The fourth-order valence-corrected chi connectivity index (χ4v) is 5.30. The lowest BCUT2D eigenvalue weighted by atomic mass is 10.0. The van der Waals surface area contributed by atoms with Crippen molar-refractivity contribution >= 4 is 5.97 Å². The van der Waals surface area contributed by atoms with Crippen molar-refractivity contribution in [3.8, 4) is 0 Å². The Kier molecular flexibility index (Phi) is 26.4. The van der Waals surface area contributed by atoms with Gasteiger partial charge in [0, 0.05) is 6.42 Å². The number of hydrogen-bond donors (Lipinski definition) is 0. The lowest BCUT2D eigenvalue weighted by Gasteiger charge is -2.22. The second-order valence-electron chi connectivity index (χ2n) is 11.5. The van der Waals surface area contributed by atoms with E-state index in [1.165, 1.54) is 148 Å². The average Bonchev–Trinajstić information content (AvgIpc) is 2.92. The molecule has 4 heteroatoms. The number of carbonyl (C=O) groups is 1. The second kappa shape index (κ2) is 28.4. The quantitative estimate of drug-likeness (QED) is 0.0754. The van der Waals surface area contributed by atoms with Crippen molar-refractivity contribution in [2.45, 2.75) is 180 Å². The van der Waals surface area contributed by atoms with E-state index in [0.29, 0.717) is 32.8 Å². The van der Waals surface area contributed by atoms with Gasteiger partial charge in [0.1, 0.15) is 12.7 Å². The molecule has 0 aliphatic carbocycles. The molecular formula is C33H64O4. The van der Waals surface area contributed by atoms with Gasteiger partial charge in [-0.1, -0.05) is 161 Å².